The Labute approximate surface area is 134 Å². The number of nitrogens with one attached hydrogen (secondary N) is 2. The Kier molecular flexibility index (Phi) is 4.65. The fourth-order valence-corrected chi connectivity index (χ4v) is 5.52. The number of carbonyl (C=O) groups excluding carboxylic acids is 1. The number of hydrogen-bond acceptors (Lipinski definition) is 3. The number of carbonyl (C=O) groups is 1. The lowest BCUT2D eigenvalue weighted by molar-refractivity contribution is -0.111. The summed E-state index contributed by atoms with van der Waals surface area (Å²) in [6.07, 6.45) is 8.78. The molecule has 0 aromatic carbocycles. The minimum absolute atomic E-state index is 0. The first-order valence-electron chi connectivity index (χ1n) is 8.13. The van der Waals surface area contributed by atoms with Crippen molar-refractivity contribution in [1.82, 2.24) is 10.6 Å². The Morgan fingerprint density at radius 3 is 2.67 bits per heavy atom. The van der Waals surface area contributed by atoms with E-state index in [4.69, 9.17) is 0 Å². The van der Waals surface area contributed by atoms with E-state index < -0.39 is 0 Å². The summed E-state index contributed by atoms with van der Waals surface area (Å²) in [6, 6.07) is 4.26. The van der Waals surface area contributed by atoms with E-state index in [1.807, 2.05) is 18.4 Å². The molecule has 2 atom stereocenters. The van der Waals surface area contributed by atoms with E-state index in [0.29, 0.717) is 0 Å². The zero-order valence-corrected chi connectivity index (χ0v) is 13.6. The van der Waals surface area contributed by atoms with Crippen LogP contribution in [0.2, 0.25) is 0 Å². The van der Waals surface area contributed by atoms with E-state index in [2.05, 4.69) is 28.1 Å². The molecule has 4 fully saturated rings. The van der Waals surface area contributed by atoms with Gasteiger partial charge in [-0.1, -0.05) is 6.07 Å². The van der Waals surface area contributed by atoms with Gasteiger partial charge in [0.25, 0.3) is 0 Å². The van der Waals surface area contributed by atoms with E-state index in [0.717, 1.165) is 37.1 Å². The second kappa shape index (κ2) is 6.49. The molecule has 0 spiro atoms. The molecule has 4 aliphatic rings. The van der Waals surface area contributed by atoms with Crippen LogP contribution in [0.25, 0.3) is 0 Å². The summed E-state index contributed by atoms with van der Waals surface area (Å²) in [7, 11) is 1.98. The molecule has 0 radical (unpaired) electrons. The van der Waals surface area contributed by atoms with Crippen LogP contribution in [0.15, 0.2) is 17.5 Å². The quantitative estimate of drug-likeness (QED) is 0.819. The van der Waals surface area contributed by atoms with Gasteiger partial charge in [-0.25, -0.2) is 0 Å². The normalized spacial score (nSPS) is 35.4. The Bertz CT molecular complexity index is 450. The summed E-state index contributed by atoms with van der Waals surface area (Å²) in [4.78, 5) is 11.9. The molecule has 2 unspecified atom stereocenters. The van der Waals surface area contributed by atoms with Crippen LogP contribution in [-0.4, -0.2) is 25.5 Å². The van der Waals surface area contributed by atoms with Crippen LogP contribution in [0.4, 0.5) is 0 Å². The summed E-state index contributed by atoms with van der Waals surface area (Å²) in [5.74, 6) is 2.85. The third kappa shape index (κ3) is 3.32. The average Bonchev–Trinajstić information content (AvgIpc) is 3.12. The van der Waals surface area contributed by atoms with Crippen molar-refractivity contribution in [2.75, 3.05) is 13.6 Å². The van der Waals surface area contributed by atoms with Crippen LogP contribution in [0, 0.1) is 17.8 Å². The first kappa shape index (κ1) is 15.0. The molecular weight excluding hydrogens is 280 g/mol. The smallest absolute Gasteiger partial charge is 0.207 e. The lowest BCUT2D eigenvalue weighted by Crippen LogP contribution is -2.46. The van der Waals surface area contributed by atoms with Crippen LogP contribution in [-0.2, 0) is 11.2 Å². The van der Waals surface area contributed by atoms with Crippen molar-refractivity contribution >= 4 is 17.7 Å². The van der Waals surface area contributed by atoms with Gasteiger partial charge in [0.2, 0.25) is 6.41 Å². The van der Waals surface area contributed by atoms with Gasteiger partial charge in [0.1, 0.15) is 0 Å². The third-order valence-electron chi connectivity index (χ3n) is 5.49. The predicted octanol–water partition coefficient (Wildman–Crippen LogP) is 3.31. The van der Waals surface area contributed by atoms with Gasteiger partial charge in [-0.05, 0) is 81.3 Å². The van der Waals surface area contributed by atoms with Gasteiger partial charge in [-0.2, -0.15) is 0 Å². The number of rotatable bonds is 5. The minimum atomic E-state index is 0. The highest BCUT2D eigenvalue weighted by atomic mass is 32.1. The second-order valence-electron chi connectivity index (χ2n) is 6.95. The molecule has 5 rings (SSSR count). The standard InChI is InChI=1S/C10H15NO.C7H11NS.2H2/c12-6-11-10-3-7-1-8(4-10)9(2-7)5-10;1-8-5-4-7-3-2-6-9-7;;/h6-9H,1-5H2,(H,11,12);2-3,6,8H,4-5H2,1H3;2*1H. The average molecular weight is 311 g/mol. The van der Waals surface area contributed by atoms with Crippen LogP contribution in [0.5, 0.6) is 0 Å². The van der Waals surface area contributed by atoms with Gasteiger partial charge in [-0.15, -0.1) is 11.3 Å². The highest BCUT2D eigenvalue weighted by Crippen LogP contribution is 2.59. The van der Waals surface area contributed by atoms with Crippen molar-refractivity contribution in [3.8, 4) is 0 Å². The van der Waals surface area contributed by atoms with Gasteiger partial charge in [0.05, 0.1) is 0 Å². The highest BCUT2D eigenvalue weighted by Gasteiger charge is 2.55. The van der Waals surface area contributed by atoms with Crippen LogP contribution in [0.1, 0.15) is 39.8 Å². The lowest BCUT2D eigenvalue weighted by atomic mass is 9.76. The van der Waals surface area contributed by atoms with Crippen molar-refractivity contribution in [3.05, 3.63) is 22.4 Å². The largest absolute Gasteiger partial charge is 0.353 e. The molecule has 2 N–H and O–H groups in total. The van der Waals surface area contributed by atoms with Crippen LogP contribution < -0.4 is 10.6 Å². The van der Waals surface area contributed by atoms with E-state index in [1.165, 1.54) is 37.0 Å². The molecule has 1 aromatic heterocycles. The fourth-order valence-electron chi connectivity index (χ4n) is 4.82. The maximum Gasteiger partial charge on any atom is 0.207 e. The van der Waals surface area contributed by atoms with Crippen molar-refractivity contribution < 1.29 is 7.65 Å². The maximum atomic E-state index is 10.5. The molecular formula is C17H30N2OS. The monoisotopic (exact) mass is 310 g/mol. The molecule has 4 bridgehead atoms. The van der Waals surface area contributed by atoms with E-state index in [-0.39, 0.29) is 8.39 Å². The fraction of sp³-hybridized carbons (Fsp3) is 0.706. The first-order chi connectivity index (χ1) is 10.2. The van der Waals surface area contributed by atoms with Gasteiger partial charge in [0.15, 0.2) is 0 Å². The lowest BCUT2D eigenvalue weighted by Gasteiger charge is -2.37. The zero-order valence-electron chi connectivity index (χ0n) is 12.8. The Morgan fingerprint density at radius 1 is 1.38 bits per heavy atom. The van der Waals surface area contributed by atoms with Crippen molar-refractivity contribution in [3.63, 3.8) is 0 Å². The van der Waals surface area contributed by atoms with Gasteiger partial charge in [-0.3, -0.25) is 4.79 Å². The van der Waals surface area contributed by atoms with Gasteiger partial charge < -0.3 is 10.6 Å². The van der Waals surface area contributed by atoms with E-state index in [9.17, 15) is 4.79 Å². The number of likely N-dealkylation sites (N-methyl/N-ethyl adjacent to an activating group) is 1. The maximum absolute atomic E-state index is 10.5. The highest BCUT2D eigenvalue weighted by molar-refractivity contribution is 7.09. The summed E-state index contributed by atoms with van der Waals surface area (Å²) in [5, 5.41) is 8.30. The molecule has 21 heavy (non-hydrogen) atoms. The summed E-state index contributed by atoms with van der Waals surface area (Å²) in [6.45, 7) is 1.08. The molecule has 0 aliphatic heterocycles. The van der Waals surface area contributed by atoms with Gasteiger partial charge >= 0.3 is 0 Å². The number of amides is 1. The van der Waals surface area contributed by atoms with Crippen LogP contribution >= 0.6 is 11.3 Å². The molecule has 4 saturated carbocycles. The summed E-state index contributed by atoms with van der Waals surface area (Å²) in [5.41, 5.74) is 0.248. The summed E-state index contributed by atoms with van der Waals surface area (Å²) >= 11 is 1.82. The molecule has 1 heterocycles. The van der Waals surface area contributed by atoms with E-state index >= 15 is 0 Å². The summed E-state index contributed by atoms with van der Waals surface area (Å²) < 4.78 is 0. The molecule has 4 heteroatoms. The zero-order chi connectivity index (χ0) is 14.7. The molecule has 1 aromatic rings. The molecule has 3 nitrogen and oxygen atoms in total. The number of thiophene rings is 1. The van der Waals surface area contributed by atoms with Crippen molar-refractivity contribution in [2.45, 2.75) is 44.1 Å². The Hall–Kier alpha value is -0.870. The van der Waals surface area contributed by atoms with Gasteiger partial charge in [0, 0.05) is 13.3 Å². The molecule has 1 amide bonds. The van der Waals surface area contributed by atoms with E-state index in [1.54, 1.807) is 0 Å². The molecule has 4 aliphatic carbocycles. The Morgan fingerprint density at radius 2 is 2.14 bits per heavy atom. The minimum Gasteiger partial charge on any atom is -0.353 e. The van der Waals surface area contributed by atoms with Crippen LogP contribution in [0.3, 0.4) is 0 Å². The topological polar surface area (TPSA) is 41.1 Å². The van der Waals surface area contributed by atoms with Crippen molar-refractivity contribution in [2.24, 2.45) is 17.8 Å². The number of hydrogen-bond donors (Lipinski definition) is 2. The van der Waals surface area contributed by atoms with Crippen molar-refractivity contribution in [1.29, 1.82) is 0 Å². The SMILES string of the molecule is CNCCc1cccs1.O=CNC12CC3CC(C1)C(C3)C2.[HH].[HH]. The molecule has 120 valence electrons. The first-order valence-corrected chi connectivity index (χ1v) is 9.01. The second-order valence-corrected chi connectivity index (χ2v) is 7.98. The third-order valence-corrected chi connectivity index (χ3v) is 6.43. The predicted molar refractivity (Wildman–Crippen MR) is 91.7 cm³/mol. The Balaban J connectivity index is 0.000000220. The molecule has 0 saturated heterocycles.